The van der Waals surface area contributed by atoms with Crippen LogP contribution in [0.1, 0.15) is 35.5 Å². The molecule has 3 heteroatoms. The first-order valence-corrected chi connectivity index (χ1v) is 7.21. The van der Waals surface area contributed by atoms with Crippen LogP contribution in [-0.2, 0) is 4.74 Å². The van der Waals surface area contributed by atoms with Crippen LogP contribution in [0.15, 0.2) is 30.3 Å². The van der Waals surface area contributed by atoms with Gasteiger partial charge in [0.2, 0.25) is 0 Å². The van der Waals surface area contributed by atoms with Crippen molar-refractivity contribution in [1.29, 1.82) is 0 Å². The fourth-order valence-corrected chi connectivity index (χ4v) is 2.91. The molecule has 0 aliphatic carbocycles. The lowest BCUT2D eigenvalue weighted by Gasteiger charge is -1.99. The number of carbonyl (C=O) groups excluding carboxylic acids is 1. The van der Waals surface area contributed by atoms with E-state index in [1.165, 1.54) is 18.4 Å². The first kappa shape index (κ1) is 13.8. The van der Waals surface area contributed by atoms with E-state index in [1.54, 1.807) is 0 Å². The van der Waals surface area contributed by atoms with E-state index in [9.17, 15) is 4.79 Å². The van der Waals surface area contributed by atoms with Gasteiger partial charge in [0.05, 0.1) is 7.11 Å². The summed E-state index contributed by atoms with van der Waals surface area (Å²) in [7, 11) is 1.41. The summed E-state index contributed by atoms with van der Waals surface area (Å²) in [5.41, 5.74) is 1.16. The van der Waals surface area contributed by atoms with Crippen LogP contribution >= 0.6 is 11.3 Å². The molecule has 1 aromatic carbocycles. The molecule has 2 aromatic rings. The van der Waals surface area contributed by atoms with Gasteiger partial charge in [-0.3, -0.25) is 0 Å². The number of allylic oxidation sites excluding steroid dienone is 1. The molecule has 0 N–H and O–H groups in total. The molecule has 0 aliphatic heterocycles. The summed E-state index contributed by atoms with van der Waals surface area (Å²) in [6, 6.07) is 8.05. The van der Waals surface area contributed by atoms with Crippen molar-refractivity contribution < 1.29 is 9.53 Å². The lowest BCUT2D eigenvalue weighted by Crippen LogP contribution is -1.96. The zero-order chi connectivity index (χ0) is 13.8. The summed E-state index contributed by atoms with van der Waals surface area (Å²) in [5, 5.41) is 1.12. The maximum atomic E-state index is 11.6. The van der Waals surface area contributed by atoms with Crippen molar-refractivity contribution in [2.45, 2.75) is 20.3 Å². The molecule has 0 radical (unpaired) electrons. The van der Waals surface area contributed by atoms with Crippen molar-refractivity contribution >= 4 is 33.5 Å². The van der Waals surface area contributed by atoms with E-state index in [2.05, 4.69) is 32.1 Å². The van der Waals surface area contributed by atoms with Crippen LogP contribution in [0.4, 0.5) is 0 Å². The summed E-state index contributed by atoms with van der Waals surface area (Å²) in [4.78, 5) is 12.2. The van der Waals surface area contributed by atoms with Crippen LogP contribution < -0.4 is 0 Å². The molecule has 0 spiro atoms. The largest absolute Gasteiger partial charge is 0.465 e. The van der Waals surface area contributed by atoms with Gasteiger partial charge in [0.1, 0.15) is 4.88 Å². The Morgan fingerprint density at radius 1 is 1.42 bits per heavy atom. The lowest BCUT2D eigenvalue weighted by molar-refractivity contribution is 0.0606. The zero-order valence-corrected chi connectivity index (χ0v) is 12.3. The van der Waals surface area contributed by atoms with Crippen molar-refractivity contribution in [2.24, 2.45) is 5.92 Å². The first-order chi connectivity index (χ1) is 9.11. The Morgan fingerprint density at radius 3 is 2.89 bits per heavy atom. The van der Waals surface area contributed by atoms with Crippen molar-refractivity contribution in [3.05, 3.63) is 40.8 Å². The van der Waals surface area contributed by atoms with Gasteiger partial charge in [-0.25, -0.2) is 4.79 Å². The fraction of sp³-hybridized carbons (Fsp3) is 0.312. The molecule has 0 aliphatic rings. The molecule has 1 aromatic heterocycles. The van der Waals surface area contributed by atoms with Gasteiger partial charge in [0.25, 0.3) is 0 Å². The van der Waals surface area contributed by atoms with Gasteiger partial charge in [-0.2, -0.15) is 0 Å². The first-order valence-electron chi connectivity index (χ1n) is 6.39. The number of rotatable bonds is 4. The van der Waals surface area contributed by atoms with E-state index >= 15 is 0 Å². The van der Waals surface area contributed by atoms with E-state index in [0.717, 1.165) is 22.1 Å². The Morgan fingerprint density at radius 2 is 2.21 bits per heavy atom. The number of carbonyl (C=O) groups is 1. The number of hydrogen-bond acceptors (Lipinski definition) is 3. The third kappa shape index (κ3) is 3.24. The minimum absolute atomic E-state index is 0.265. The average Bonchev–Trinajstić information content (AvgIpc) is 2.82. The topological polar surface area (TPSA) is 26.3 Å². The van der Waals surface area contributed by atoms with E-state index in [4.69, 9.17) is 4.74 Å². The second-order valence-electron chi connectivity index (χ2n) is 4.89. The second kappa shape index (κ2) is 6.02. The van der Waals surface area contributed by atoms with Crippen molar-refractivity contribution in [3.8, 4) is 0 Å². The number of fused-ring (bicyclic) bond motifs is 1. The maximum Gasteiger partial charge on any atom is 0.348 e. The average molecular weight is 274 g/mol. The summed E-state index contributed by atoms with van der Waals surface area (Å²) < 4.78 is 5.89. The molecule has 19 heavy (non-hydrogen) atoms. The lowest BCUT2D eigenvalue weighted by atomic mass is 10.1. The number of thiophene rings is 1. The van der Waals surface area contributed by atoms with E-state index in [0.29, 0.717) is 10.8 Å². The number of ether oxygens (including phenoxy) is 1. The summed E-state index contributed by atoms with van der Waals surface area (Å²) >= 11 is 1.48. The monoisotopic (exact) mass is 274 g/mol. The highest BCUT2D eigenvalue weighted by Crippen LogP contribution is 2.29. The molecule has 2 nitrogen and oxygen atoms in total. The molecule has 0 fully saturated rings. The minimum atomic E-state index is -0.265. The SMILES string of the molecule is COC(=O)c1cc2c(C=CCC(C)C)cccc2s1. The van der Waals surface area contributed by atoms with Crippen molar-refractivity contribution in [2.75, 3.05) is 7.11 Å². The molecule has 0 atom stereocenters. The van der Waals surface area contributed by atoms with Gasteiger partial charge in [0, 0.05) is 10.1 Å². The Bertz CT molecular complexity index is 608. The van der Waals surface area contributed by atoms with Gasteiger partial charge in [-0.05, 0) is 30.0 Å². The van der Waals surface area contributed by atoms with E-state index in [-0.39, 0.29) is 5.97 Å². The van der Waals surface area contributed by atoms with Crippen LogP contribution in [0.25, 0.3) is 16.2 Å². The fourth-order valence-electron chi connectivity index (χ4n) is 1.90. The Kier molecular flexibility index (Phi) is 4.38. The van der Waals surface area contributed by atoms with Gasteiger partial charge < -0.3 is 4.74 Å². The highest BCUT2D eigenvalue weighted by Gasteiger charge is 2.11. The predicted molar refractivity (Wildman–Crippen MR) is 81.7 cm³/mol. The molecule has 100 valence electrons. The van der Waals surface area contributed by atoms with Crippen LogP contribution in [0, 0.1) is 5.92 Å². The normalized spacial score (nSPS) is 11.6. The number of benzene rings is 1. The van der Waals surface area contributed by atoms with Gasteiger partial charge in [-0.15, -0.1) is 11.3 Å². The van der Waals surface area contributed by atoms with Crippen LogP contribution in [0.2, 0.25) is 0 Å². The molecule has 0 unspecified atom stereocenters. The molecule has 0 bridgehead atoms. The molecule has 0 saturated heterocycles. The maximum absolute atomic E-state index is 11.6. The zero-order valence-electron chi connectivity index (χ0n) is 11.5. The van der Waals surface area contributed by atoms with Gasteiger partial charge in [-0.1, -0.05) is 38.1 Å². The standard InChI is InChI=1S/C16H18O2S/c1-11(2)6-4-7-12-8-5-9-14-13(12)10-15(19-14)16(17)18-3/h4-5,7-11H,6H2,1-3H3. The summed E-state index contributed by atoms with van der Waals surface area (Å²) in [6.45, 7) is 4.40. The number of hydrogen-bond donors (Lipinski definition) is 0. The molecule has 0 saturated carbocycles. The highest BCUT2D eigenvalue weighted by atomic mass is 32.1. The Balaban J connectivity index is 2.36. The number of esters is 1. The van der Waals surface area contributed by atoms with Gasteiger partial charge in [0.15, 0.2) is 0 Å². The molecule has 1 heterocycles. The summed E-state index contributed by atoms with van der Waals surface area (Å²) in [5.74, 6) is 0.391. The summed E-state index contributed by atoms with van der Waals surface area (Å²) in [6.07, 6.45) is 5.38. The quantitative estimate of drug-likeness (QED) is 0.752. The third-order valence-corrected chi connectivity index (χ3v) is 3.97. The number of methoxy groups -OCH3 is 1. The smallest absolute Gasteiger partial charge is 0.348 e. The van der Waals surface area contributed by atoms with Crippen molar-refractivity contribution in [3.63, 3.8) is 0 Å². The predicted octanol–water partition coefficient (Wildman–Crippen LogP) is 4.75. The van der Waals surface area contributed by atoms with Crippen molar-refractivity contribution in [1.82, 2.24) is 0 Å². The third-order valence-electron chi connectivity index (χ3n) is 2.89. The molecule has 0 amide bonds. The van der Waals surface area contributed by atoms with E-state index in [1.807, 2.05) is 18.2 Å². The van der Waals surface area contributed by atoms with Crippen LogP contribution in [-0.4, -0.2) is 13.1 Å². The van der Waals surface area contributed by atoms with Crippen LogP contribution in [0.3, 0.4) is 0 Å². The Hall–Kier alpha value is -1.61. The Labute approximate surface area is 117 Å². The molecule has 2 rings (SSSR count). The minimum Gasteiger partial charge on any atom is -0.465 e. The molecular weight excluding hydrogens is 256 g/mol. The van der Waals surface area contributed by atoms with Gasteiger partial charge >= 0.3 is 5.97 Å². The second-order valence-corrected chi connectivity index (χ2v) is 5.98. The molecular formula is C16H18O2S. The van der Waals surface area contributed by atoms with E-state index < -0.39 is 0 Å². The van der Waals surface area contributed by atoms with Crippen LogP contribution in [0.5, 0.6) is 0 Å². The highest BCUT2D eigenvalue weighted by molar-refractivity contribution is 7.20.